The topological polar surface area (TPSA) is 51.1 Å². The number of nitrogens with zero attached hydrogens (tertiary/aromatic N) is 1. The molecule has 0 saturated heterocycles. The van der Waals surface area contributed by atoms with E-state index in [-0.39, 0.29) is 24.6 Å². The van der Waals surface area contributed by atoms with E-state index in [1.807, 2.05) is 18.2 Å². The molecule has 0 bridgehead atoms. The van der Waals surface area contributed by atoms with E-state index in [0.29, 0.717) is 39.2 Å². The van der Waals surface area contributed by atoms with E-state index in [1.165, 1.54) is 4.57 Å². The van der Waals surface area contributed by atoms with Gasteiger partial charge in [0.2, 0.25) is 0 Å². The van der Waals surface area contributed by atoms with Gasteiger partial charge in [0.1, 0.15) is 0 Å². The first-order chi connectivity index (χ1) is 17.8. The Morgan fingerprint density at radius 3 is 2.05 bits per heavy atom. The van der Waals surface area contributed by atoms with Crippen LogP contribution in [-0.2, 0) is 25.8 Å². The Balaban J connectivity index is 1.70. The molecule has 1 N–H and O–H groups in total. The summed E-state index contributed by atoms with van der Waals surface area (Å²) in [6, 6.07) is 14.6. The zero-order valence-corrected chi connectivity index (χ0v) is 20.4. The molecule has 0 aliphatic heterocycles. The maximum Gasteiger partial charge on any atom is 0.416 e. The van der Waals surface area contributed by atoms with Gasteiger partial charge in [-0.1, -0.05) is 41.9 Å². The molecule has 0 aliphatic rings. The van der Waals surface area contributed by atoms with Gasteiger partial charge in [0.15, 0.2) is 0 Å². The van der Waals surface area contributed by atoms with Gasteiger partial charge in [-0.05, 0) is 47.3 Å². The van der Waals surface area contributed by atoms with E-state index >= 15 is 0 Å². The molecular formula is C27H19ClF6N2O2. The van der Waals surface area contributed by atoms with Crippen LogP contribution in [0.5, 0.6) is 0 Å². The van der Waals surface area contributed by atoms with Gasteiger partial charge in [0.25, 0.3) is 11.5 Å². The van der Waals surface area contributed by atoms with Crippen LogP contribution in [0.3, 0.4) is 0 Å². The Morgan fingerprint density at radius 2 is 1.47 bits per heavy atom. The molecule has 0 unspecified atom stereocenters. The summed E-state index contributed by atoms with van der Waals surface area (Å²) in [4.78, 5) is 25.7. The second-order valence-electron chi connectivity index (χ2n) is 8.54. The van der Waals surface area contributed by atoms with Gasteiger partial charge >= 0.3 is 12.4 Å². The first kappa shape index (κ1) is 27.3. The lowest BCUT2D eigenvalue weighted by molar-refractivity contribution is -0.143. The first-order valence-corrected chi connectivity index (χ1v) is 11.6. The highest BCUT2D eigenvalue weighted by atomic mass is 35.5. The number of amides is 1. The fourth-order valence-electron chi connectivity index (χ4n) is 4.24. The molecule has 11 heteroatoms. The van der Waals surface area contributed by atoms with E-state index in [9.17, 15) is 35.9 Å². The van der Waals surface area contributed by atoms with Crippen molar-refractivity contribution in [3.8, 4) is 11.1 Å². The van der Waals surface area contributed by atoms with Gasteiger partial charge in [-0.2, -0.15) is 26.3 Å². The number of benzene rings is 3. The summed E-state index contributed by atoms with van der Waals surface area (Å²) in [5.41, 5.74) is -2.37. The van der Waals surface area contributed by atoms with Crippen molar-refractivity contribution in [2.45, 2.75) is 18.8 Å². The Bertz CT molecular complexity index is 1550. The van der Waals surface area contributed by atoms with E-state index in [2.05, 4.69) is 5.32 Å². The Kier molecular flexibility index (Phi) is 7.29. The average Bonchev–Trinajstić information content (AvgIpc) is 2.86. The summed E-state index contributed by atoms with van der Waals surface area (Å²) in [7, 11) is 1.54. The number of pyridine rings is 1. The molecule has 198 valence electrons. The number of fused-ring (bicyclic) bond motifs is 1. The molecule has 0 atom stereocenters. The second-order valence-corrected chi connectivity index (χ2v) is 8.98. The zero-order valence-electron chi connectivity index (χ0n) is 19.7. The number of aromatic nitrogens is 1. The fraction of sp³-hybridized carbons (Fsp3) is 0.185. The standard InChI is InChI=1S/C27H19ClF6N2O2/c1-36-22(23(15-5-3-2-4-6-15)21-14-19(28)7-8-20(21)25(36)38)9-10-35-24(37)16-11-17(26(29,30)31)13-18(12-16)27(32,33)34/h2-8,11-14H,9-10H2,1H3,(H,35,37). The van der Waals surface area contributed by atoms with Crippen LogP contribution in [0, 0.1) is 0 Å². The van der Waals surface area contributed by atoms with Crippen molar-refractivity contribution >= 4 is 28.3 Å². The molecule has 4 nitrogen and oxygen atoms in total. The summed E-state index contributed by atoms with van der Waals surface area (Å²) in [6.07, 6.45) is -10.1. The van der Waals surface area contributed by atoms with Gasteiger partial charge < -0.3 is 9.88 Å². The minimum atomic E-state index is -5.08. The SMILES string of the molecule is Cn1c(CCNC(=O)c2cc(C(F)(F)F)cc(C(F)(F)F)c2)c(-c2ccccc2)c2cc(Cl)ccc2c1=O. The largest absolute Gasteiger partial charge is 0.416 e. The minimum Gasteiger partial charge on any atom is -0.352 e. The molecule has 0 saturated carbocycles. The van der Waals surface area contributed by atoms with Gasteiger partial charge in [-0.3, -0.25) is 9.59 Å². The highest BCUT2D eigenvalue weighted by Gasteiger charge is 2.37. The first-order valence-electron chi connectivity index (χ1n) is 11.2. The van der Waals surface area contributed by atoms with Crippen molar-refractivity contribution in [2.75, 3.05) is 6.54 Å². The molecule has 0 aliphatic carbocycles. The van der Waals surface area contributed by atoms with Crippen LogP contribution in [0.25, 0.3) is 21.9 Å². The van der Waals surface area contributed by atoms with E-state index in [0.717, 1.165) is 5.56 Å². The normalized spacial score (nSPS) is 12.1. The third-order valence-electron chi connectivity index (χ3n) is 6.04. The number of alkyl halides is 6. The third-order valence-corrected chi connectivity index (χ3v) is 6.27. The van der Waals surface area contributed by atoms with Crippen LogP contribution in [0.4, 0.5) is 26.3 Å². The van der Waals surface area contributed by atoms with E-state index < -0.39 is 35.0 Å². The highest BCUT2D eigenvalue weighted by molar-refractivity contribution is 6.31. The monoisotopic (exact) mass is 552 g/mol. The van der Waals surface area contributed by atoms with Crippen molar-refractivity contribution in [3.05, 3.63) is 104 Å². The Hall–Kier alpha value is -3.79. The molecule has 0 radical (unpaired) electrons. The molecule has 1 heterocycles. The summed E-state index contributed by atoms with van der Waals surface area (Å²) >= 11 is 6.20. The molecule has 1 aromatic heterocycles. The van der Waals surface area contributed by atoms with E-state index in [4.69, 9.17) is 11.6 Å². The lowest BCUT2D eigenvalue weighted by Gasteiger charge is -2.18. The quantitative estimate of drug-likeness (QED) is 0.275. The summed E-state index contributed by atoms with van der Waals surface area (Å²) in [5.74, 6) is -1.11. The fourth-order valence-corrected chi connectivity index (χ4v) is 4.41. The van der Waals surface area contributed by atoms with Gasteiger partial charge in [0, 0.05) is 47.2 Å². The van der Waals surface area contributed by atoms with E-state index in [1.54, 1.807) is 37.4 Å². The number of hydrogen-bond acceptors (Lipinski definition) is 2. The lowest BCUT2D eigenvalue weighted by Crippen LogP contribution is -2.29. The predicted molar refractivity (Wildman–Crippen MR) is 132 cm³/mol. The van der Waals surface area contributed by atoms with Crippen LogP contribution < -0.4 is 10.9 Å². The second kappa shape index (κ2) is 10.2. The van der Waals surface area contributed by atoms with Crippen molar-refractivity contribution in [1.82, 2.24) is 9.88 Å². The Morgan fingerprint density at radius 1 is 0.868 bits per heavy atom. The van der Waals surface area contributed by atoms with Gasteiger partial charge in [-0.15, -0.1) is 0 Å². The van der Waals surface area contributed by atoms with Crippen LogP contribution in [0.2, 0.25) is 5.02 Å². The number of rotatable bonds is 5. The summed E-state index contributed by atoms with van der Waals surface area (Å²) in [6.45, 7) is -0.171. The number of hydrogen-bond donors (Lipinski definition) is 1. The van der Waals surface area contributed by atoms with Crippen molar-refractivity contribution < 1.29 is 31.1 Å². The van der Waals surface area contributed by atoms with Crippen LogP contribution >= 0.6 is 11.6 Å². The van der Waals surface area contributed by atoms with Crippen molar-refractivity contribution in [3.63, 3.8) is 0 Å². The molecule has 4 aromatic rings. The highest BCUT2D eigenvalue weighted by Crippen LogP contribution is 2.36. The molecule has 4 rings (SSSR count). The number of carbonyl (C=O) groups excluding carboxylic acids is 1. The molecule has 0 spiro atoms. The molecular weight excluding hydrogens is 534 g/mol. The average molecular weight is 553 g/mol. The minimum absolute atomic E-state index is 0.0428. The number of nitrogens with one attached hydrogen (secondary N) is 1. The van der Waals surface area contributed by atoms with Crippen LogP contribution in [0.15, 0.2) is 71.5 Å². The molecule has 38 heavy (non-hydrogen) atoms. The van der Waals surface area contributed by atoms with Crippen molar-refractivity contribution in [2.24, 2.45) is 7.05 Å². The van der Waals surface area contributed by atoms with Crippen LogP contribution in [0.1, 0.15) is 27.2 Å². The molecule has 3 aromatic carbocycles. The zero-order chi connectivity index (χ0) is 27.8. The van der Waals surface area contributed by atoms with Crippen LogP contribution in [-0.4, -0.2) is 17.0 Å². The molecule has 1 amide bonds. The summed E-state index contributed by atoms with van der Waals surface area (Å²) in [5, 5.41) is 3.75. The maximum absolute atomic E-state index is 13.2. The number of halogens is 7. The predicted octanol–water partition coefficient (Wildman–Crippen LogP) is 6.87. The number of carbonyl (C=O) groups is 1. The Labute approximate surface area is 217 Å². The molecule has 0 fully saturated rings. The van der Waals surface area contributed by atoms with Gasteiger partial charge in [-0.25, -0.2) is 0 Å². The third kappa shape index (κ3) is 5.55. The van der Waals surface area contributed by atoms with Crippen molar-refractivity contribution in [1.29, 1.82) is 0 Å². The lowest BCUT2D eigenvalue weighted by atomic mass is 9.95. The summed E-state index contributed by atoms with van der Waals surface area (Å²) < 4.78 is 80.5. The maximum atomic E-state index is 13.2. The van der Waals surface area contributed by atoms with Gasteiger partial charge in [0.05, 0.1) is 11.1 Å². The smallest absolute Gasteiger partial charge is 0.352 e.